The second-order valence-corrected chi connectivity index (χ2v) is 6.23. The van der Waals surface area contributed by atoms with Gasteiger partial charge in [0, 0.05) is 23.6 Å². The summed E-state index contributed by atoms with van der Waals surface area (Å²) in [5.74, 6) is 0.613. The fourth-order valence-electron chi connectivity index (χ4n) is 2.19. The molecule has 7 heteroatoms. The van der Waals surface area contributed by atoms with Crippen LogP contribution >= 0.6 is 23.4 Å². The molecule has 5 nitrogen and oxygen atoms in total. The third-order valence-electron chi connectivity index (χ3n) is 3.27. The Morgan fingerprint density at radius 3 is 2.76 bits per heavy atom. The van der Waals surface area contributed by atoms with E-state index in [1.807, 2.05) is 35.8 Å². The van der Waals surface area contributed by atoms with E-state index in [9.17, 15) is 4.79 Å². The lowest BCUT2D eigenvalue weighted by Crippen LogP contribution is -2.11. The zero-order valence-electron chi connectivity index (χ0n) is 11.5. The number of carbonyl (C=O) groups excluding carboxylic acids is 1. The maximum absolute atomic E-state index is 11.6. The van der Waals surface area contributed by atoms with Crippen LogP contribution in [0.3, 0.4) is 0 Å². The first-order valence-corrected chi connectivity index (χ1v) is 7.97. The molecule has 0 unspecified atom stereocenters. The van der Waals surface area contributed by atoms with E-state index >= 15 is 0 Å². The van der Waals surface area contributed by atoms with Crippen molar-refractivity contribution in [2.75, 3.05) is 6.61 Å². The van der Waals surface area contributed by atoms with Crippen LogP contribution in [0.2, 0.25) is 5.02 Å². The number of nitrogens with zero attached hydrogens (tertiary/aromatic N) is 3. The quantitative estimate of drug-likeness (QED) is 0.809. The summed E-state index contributed by atoms with van der Waals surface area (Å²) < 4.78 is 6.98. The number of hydrogen-bond acceptors (Lipinski definition) is 5. The molecule has 3 rings (SSSR count). The van der Waals surface area contributed by atoms with Gasteiger partial charge < -0.3 is 9.30 Å². The molecular formula is C14H14ClN3O2S. The number of thioether (sulfide) groups is 1. The number of cyclic esters (lactones) is 1. The molecule has 2 aromatic rings. The number of halogens is 1. The molecule has 0 aliphatic carbocycles. The highest BCUT2D eigenvalue weighted by Gasteiger charge is 2.29. The average Bonchev–Trinajstić information content (AvgIpc) is 3.07. The molecular weight excluding hydrogens is 310 g/mol. The second-order valence-electron chi connectivity index (χ2n) is 4.62. The number of hydrogen-bond donors (Lipinski definition) is 0. The van der Waals surface area contributed by atoms with E-state index in [2.05, 4.69) is 10.2 Å². The van der Waals surface area contributed by atoms with Crippen LogP contribution in [-0.2, 0) is 16.1 Å². The minimum atomic E-state index is -0.183. The van der Waals surface area contributed by atoms with Crippen LogP contribution < -0.4 is 0 Å². The zero-order chi connectivity index (χ0) is 14.8. The summed E-state index contributed by atoms with van der Waals surface area (Å²) in [5.41, 5.74) is 0.953. The van der Waals surface area contributed by atoms with Gasteiger partial charge in [0.25, 0.3) is 0 Å². The van der Waals surface area contributed by atoms with Crippen molar-refractivity contribution in [3.63, 3.8) is 0 Å². The number of rotatable bonds is 4. The first kappa shape index (κ1) is 14.4. The van der Waals surface area contributed by atoms with Crippen LogP contribution in [0.4, 0.5) is 0 Å². The maximum atomic E-state index is 11.6. The van der Waals surface area contributed by atoms with E-state index in [-0.39, 0.29) is 11.2 Å². The molecule has 1 atom stereocenters. The predicted molar refractivity (Wildman–Crippen MR) is 81.4 cm³/mol. The van der Waals surface area contributed by atoms with Crippen molar-refractivity contribution in [3.8, 4) is 11.4 Å². The van der Waals surface area contributed by atoms with Crippen LogP contribution in [-0.4, -0.2) is 32.6 Å². The standard InChI is InChI=1S/C14H14ClN3O2S/c1-2-18-12(9-3-5-10(15)6-4-9)16-17-14(18)21-11-7-8-20-13(11)19/h3-6,11H,2,7-8H2,1H3/t11-/m0/s1. The van der Waals surface area contributed by atoms with Gasteiger partial charge in [-0.3, -0.25) is 4.79 Å². The average molecular weight is 324 g/mol. The summed E-state index contributed by atoms with van der Waals surface area (Å²) in [7, 11) is 0. The first-order chi connectivity index (χ1) is 10.2. The highest BCUT2D eigenvalue weighted by molar-refractivity contribution is 8.00. The summed E-state index contributed by atoms with van der Waals surface area (Å²) in [6, 6.07) is 7.48. The molecule has 0 N–H and O–H groups in total. The molecule has 0 amide bonds. The molecule has 1 aliphatic heterocycles. The van der Waals surface area contributed by atoms with Crippen LogP contribution in [0.1, 0.15) is 13.3 Å². The molecule has 21 heavy (non-hydrogen) atoms. The minimum absolute atomic E-state index is 0.168. The largest absolute Gasteiger partial charge is 0.465 e. The van der Waals surface area contributed by atoms with Crippen LogP contribution in [0.5, 0.6) is 0 Å². The number of benzene rings is 1. The summed E-state index contributed by atoms with van der Waals surface area (Å²) in [5, 5.41) is 9.71. The summed E-state index contributed by atoms with van der Waals surface area (Å²) in [6.45, 7) is 3.25. The third-order valence-corrected chi connectivity index (χ3v) is 4.75. The first-order valence-electron chi connectivity index (χ1n) is 6.71. The fraction of sp³-hybridized carbons (Fsp3) is 0.357. The lowest BCUT2D eigenvalue weighted by molar-refractivity contribution is -0.137. The summed E-state index contributed by atoms with van der Waals surface area (Å²) in [6.07, 6.45) is 0.719. The Kier molecular flexibility index (Phi) is 4.17. The van der Waals surface area contributed by atoms with Crippen molar-refractivity contribution >= 4 is 29.3 Å². The number of carbonyl (C=O) groups is 1. The SMILES string of the molecule is CCn1c(S[C@H]2CCOC2=O)nnc1-c1ccc(Cl)cc1. The van der Waals surface area contributed by atoms with Crippen LogP contribution in [0.15, 0.2) is 29.4 Å². The van der Waals surface area contributed by atoms with Gasteiger partial charge in [0.1, 0.15) is 5.25 Å². The van der Waals surface area contributed by atoms with Gasteiger partial charge >= 0.3 is 5.97 Å². The Balaban J connectivity index is 1.89. The molecule has 1 fully saturated rings. The fourth-order valence-corrected chi connectivity index (χ4v) is 3.37. The van der Waals surface area contributed by atoms with E-state index in [0.29, 0.717) is 11.6 Å². The van der Waals surface area contributed by atoms with Crippen molar-refractivity contribution in [2.45, 2.75) is 30.3 Å². The molecule has 1 aliphatic rings. The van der Waals surface area contributed by atoms with E-state index in [0.717, 1.165) is 29.5 Å². The number of esters is 1. The van der Waals surface area contributed by atoms with Gasteiger partial charge in [-0.1, -0.05) is 23.4 Å². The molecule has 0 radical (unpaired) electrons. The van der Waals surface area contributed by atoms with Gasteiger partial charge in [-0.05, 0) is 31.2 Å². The maximum Gasteiger partial charge on any atom is 0.319 e. The molecule has 2 heterocycles. The Bertz CT molecular complexity index is 657. The molecule has 110 valence electrons. The minimum Gasteiger partial charge on any atom is -0.465 e. The van der Waals surface area contributed by atoms with E-state index in [1.165, 1.54) is 11.8 Å². The predicted octanol–water partition coefficient (Wildman–Crippen LogP) is 3.03. The van der Waals surface area contributed by atoms with Gasteiger partial charge in [-0.15, -0.1) is 10.2 Å². The van der Waals surface area contributed by atoms with E-state index in [1.54, 1.807) is 0 Å². The Labute approximate surface area is 131 Å². The normalized spacial score (nSPS) is 18.0. The Morgan fingerprint density at radius 1 is 1.38 bits per heavy atom. The Hall–Kier alpha value is -1.53. The lowest BCUT2D eigenvalue weighted by Gasteiger charge is -2.09. The number of ether oxygens (including phenoxy) is 1. The molecule has 0 spiro atoms. The van der Waals surface area contributed by atoms with Gasteiger partial charge in [0.2, 0.25) is 0 Å². The van der Waals surface area contributed by atoms with Crippen molar-refractivity contribution in [1.82, 2.24) is 14.8 Å². The summed E-state index contributed by atoms with van der Waals surface area (Å²) in [4.78, 5) is 11.6. The smallest absolute Gasteiger partial charge is 0.319 e. The lowest BCUT2D eigenvalue weighted by atomic mass is 10.2. The van der Waals surface area contributed by atoms with E-state index < -0.39 is 0 Å². The highest BCUT2D eigenvalue weighted by Crippen LogP contribution is 2.31. The Morgan fingerprint density at radius 2 is 2.14 bits per heavy atom. The zero-order valence-corrected chi connectivity index (χ0v) is 13.0. The van der Waals surface area contributed by atoms with Crippen molar-refractivity contribution in [2.24, 2.45) is 0 Å². The van der Waals surface area contributed by atoms with Gasteiger partial charge in [0.05, 0.1) is 6.61 Å². The van der Waals surface area contributed by atoms with Crippen LogP contribution in [0, 0.1) is 0 Å². The van der Waals surface area contributed by atoms with E-state index in [4.69, 9.17) is 16.3 Å². The summed E-state index contributed by atoms with van der Waals surface area (Å²) >= 11 is 7.33. The molecule has 1 aromatic carbocycles. The molecule has 1 aromatic heterocycles. The van der Waals surface area contributed by atoms with Crippen molar-refractivity contribution in [1.29, 1.82) is 0 Å². The number of aromatic nitrogens is 3. The molecule has 1 saturated heterocycles. The highest BCUT2D eigenvalue weighted by atomic mass is 35.5. The second kappa shape index (κ2) is 6.07. The van der Waals surface area contributed by atoms with Gasteiger partial charge in [-0.2, -0.15) is 0 Å². The molecule has 0 saturated carbocycles. The van der Waals surface area contributed by atoms with Crippen molar-refractivity contribution < 1.29 is 9.53 Å². The topological polar surface area (TPSA) is 57.0 Å². The van der Waals surface area contributed by atoms with Crippen LogP contribution in [0.25, 0.3) is 11.4 Å². The van der Waals surface area contributed by atoms with Gasteiger partial charge in [0.15, 0.2) is 11.0 Å². The van der Waals surface area contributed by atoms with Crippen molar-refractivity contribution in [3.05, 3.63) is 29.3 Å². The van der Waals surface area contributed by atoms with Gasteiger partial charge in [-0.25, -0.2) is 0 Å². The molecule has 0 bridgehead atoms. The monoisotopic (exact) mass is 323 g/mol. The third kappa shape index (κ3) is 2.91.